The number of thiazole rings is 1. The van der Waals surface area contributed by atoms with Crippen LogP contribution in [-0.4, -0.2) is 37.1 Å². The van der Waals surface area contributed by atoms with Crippen LogP contribution in [0.25, 0.3) is 0 Å². The normalized spacial score (nSPS) is 15.2. The molecule has 3 heterocycles. The summed E-state index contributed by atoms with van der Waals surface area (Å²) in [5, 5.41) is 8.28. The number of hydrogen-bond acceptors (Lipinski definition) is 5. The van der Waals surface area contributed by atoms with E-state index in [1.165, 1.54) is 21.7 Å². The molecule has 1 aliphatic heterocycles. The molecule has 0 unspecified atom stereocenters. The highest BCUT2D eigenvalue weighted by molar-refractivity contribution is 7.07. The molecule has 0 atom stereocenters. The van der Waals surface area contributed by atoms with Gasteiger partial charge < -0.3 is 9.47 Å². The first-order valence-corrected chi connectivity index (χ1v) is 6.58. The van der Waals surface area contributed by atoms with Gasteiger partial charge in [0.05, 0.1) is 12.1 Å². The lowest BCUT2D eigenvalue weighted by molar-refractivity contribution is -0.147. The van der Waals surface area contributed by atoms with E-state index < -0.39 is 12.0 Å². The highest BCUT2D eigenvalue weighted by atomic mass is 32.1. The maximum atomic E-state index is 12.7. The third kappa shape index (κ3) is 2.15. The van der Waals surface area contributed by atoms with Gasteiger partial charge in [-0.05, 0) is 0 Å². The van der Waals surface area contributed by atoms with Crippen molar-refractivity contribution in [3.05, 3.63) is 28.2 Å². The van der Waals surface area contributed by atoms with Crippen molar-refractivity contribution < 1.29 is 18.0 Å². The van der Waals surface area contributed by atoms with E-state index in [2.05, 4.69) is 15.2 Å². The maximum absolute atomic E-state index is 12.7. The lowest BCUT2D eigenvalue weighted by atomic mass is 10.3. The first-order valence-electron chi connectivity index (χ1n) is 5.63. The molecular formula is C10H8F3N5OS. The van der Waals surface area contributed by atoms with Gasteiger partial charge in [-0.15, -0.1) is 21.5 Å². The lowest BCUT2D eigenvalue weighted by Gasteiger charge is -2.27. The Balaban J connectivity index is 1.83. The molecular weight excluding hydrogens is 295 g/mol. The fourth-order valence-corrected chi connectivity index (χ4v) is 2.55. The van der Waals surface area contributed by atoms with Crippen molar-refractivity contribution in [1.29, 1.82) is 0 Å². The maximum Gasteiger partial charge on any atom is 0.451 e. The molecule has 10 heteroatoms. The Morgan fingerprint density at radius 3 is 2.75 bits per heavy atom. The number of aromatic nitrogens is 4. The minimum Gasteiger partial charge on any atom is -0.328 e. The summed E-state index contributed by atoms with van der Waals surface area (Å²) in [4.78, 5) is 17.4. The van der Waals surface area contributed by atoms with E-state index in [0.29, 0.717) is 5.69 Å². The fraction of sp³-hybridized carbons (Fsp3) is 0.400. The molecule has 0 saturated carbocycles. The van der Waals surface area contributed by atoms with E-state index in [-0.39, 0.29) is 31.4 Å². The third-order valence-corrected chi connectivity index (χ3v) is 3.53. The second-order valence-electron chi connectivity index (χ2n) is 4.19. The molecule has 0 radical (unpaired) electrons. The second kappa shape index (κ2) is 4.54. The number of amides is 1. The molecule has 0 fully saturated rings. The van der Waals surface area contributed by atoms with Gasteiger partial charge in [-0.25, -0.2) is 4.98 Å². The molecule has 1 aliphatic rings. The standard InChI is InChI=1S/C10H8F3N5OS/c11-10(12,13)9-16-15-7-3-17(1-2-18(7)9)8(19)6-4-20-5-14-6/h4-5H,1-3H2. The highest BCUT2D eigenvalue weighted by Gasteiger charge is 2.40. The van der Waals surface area contributed by atoms with Crippen LogP contribution in [-0.2, 0) is 19.3 Å². The van der Waals surface area contributed by atoms with Gasteiger partial charge in [0, 0.05) is 18.5 Å². The molecule has 0 aromatic carbocycles. The largest absolute Gasteiger partial charge is 0.451 e. The van der Waals surface area contributed by atoms with Crippen molar-refractivity contribution in [3.63, 3.8) is 0 Å². The van der Waals surface area contributed by atoms with Crippen LogP contribution in [0, 0.1) is 0 Å². The van der Waals surface area contributed by atoms with Gasteiger partial charge in [-0.2, -0.15) is 13.2 Å². The van der Waals surface area contributed by atoms with Crippen molar-refractivity contribution in [2.75, 3.05) is 6.54 Å². The van der Waals surface area contributed by atoms with E-state index in [4.69, 9.17) is 0 Å². The van der Waals surface area contributed by atoms with Gasteiger partial charge in [0.15, 0.2) is 5.82 Å². The van der Waals surface area contributed by atoms with Crippen molar-refractivity contribution in [1.82, 2.24) is 24.6 Å². The summed E-state index contributed by atoms with van der Waals surface area (Å²) in [6, 6.07) is 0. The average molecular weight is 303 g/mol. The fourth-order valence-electron chi connectivity index (χ4n) is 2.02. The van der Waals surface area contributed by atoms with Crippen LogP contribution in [0.5, 0.6) is 0 Å². The van der Waals surface area contributed by atoms with E-state index in [1.54, 1.807) is 5.38 Å². The summed E-state index contributed by atoms with van der Waals surface area (Å²) in [7, 11) is 0. The van der Waals surface area contributed by atoms with E-state index in [1.807, 2.05) is 0 Å². The summed E-state index contributed by atoms with van der Waals surface area (Å²) in [5.74, 6) is -1.20. The lowest BCUT2D eigenvalue weighted by Crippen LogP contribution is -2.39. The van der Waals surface area contributed by atoms with Crippen LogP contribution in [0.4, 0.5) is 13.2 Å². The Hall–Kier alpha value is -1.97. The topological polar surface area (TPSA) is 63.9 Å². The van der Waals surface area contributed by atoms with E-state index in [9.17, 15) is 18.0 Å². The zero-order valence-electron chi connectivity index (χ0n) is 9.96. The Bertz CT molecular complexity index is 636. The zero-order valence-corrected chi connectivity index (χ0v) is 10.8. The summed E-state index contributed by atoms with van der Waals surface area (Å²) >= 11 is 1.28. The van der Waals surface area contributed by atoms with Crippen LogP contribution in [0.2, 0.25) is 0 Å². The van der Waals surface area contributed by atoms with Gasteiger partial charge in [-0.1, -0.05) is 0 Å². The van der Waals surface area contributed by atoms with E-state index >= 15 is 0 Å². The quantitative estimate of drug-likeness (QED) is 0.799. The molecule has 0 saturated heterocycles. The summed E-state index contributed by atoms with van der Waals surface area (Å²) in [6.45, 7) is 0.191. The zero-order chi connectivity index (χ0) is 14.3. The number of nitrogens with zero attached hydrogens (tertiary/aromatic N) is 5. The Morgan fingerprint density at radius 1 is 1.30 bits per heavy atom. The number of fused-ring (bicyclic) bond motifs is 1. The Labute approximate surface area is 114 Å². The smallest absolute Gasteiger partial charge is 0.328 e. The van der Waals surface area contributed by atoms with Gasteiger partial charge in [0.2, 0.25) is 5.82 Å². The second-order valence-corrected chi connectivity index (χ2v) is 4.91. The van der Waals surface area contributed by atoms with Gasteiger partial charge in [0.1, 0.15) is 5.69 Å². The number of carbonyl (C=O) groups excluding carboxylic acids is 1. The van der Waals surface area contributed by atoms with Crippen LogP contribution < -0.4 is 0 Å². The monoisotopic (exact) mass is 303 g/mol. The predicted octanol–water partition coefficient (Wildman–Crippen LogP) is 1.41. The number of halogens is 3. The van der Waals surface area contributed by atoms with Gasteiger partial charge in [-0.3, -0.25) is 4.79 Å². The SMILES string of the molecule is O=C(c1cscn1)N1CCn2c(nnc2C(F)(F)F)C1. The van der Waals surface area contributed by atoms with Crippen molar-refractivity contribution >= 4 is 17.2 Å². The molecule has 106 valence electrons. The highest BCUT2D eigenvalue weighted by Crippen LogP contribution is 2.29. The first-order chi connectivity index (χ1) is 9.47. The van der Waals surface area contributed by atoms with Gasteiger partial charge >= 0.3 is 6.18 Å². The van der Waals surface area contributed by atoms with Crippen LogP contribution in [0.15, 0.2) is 10.9 Å². The average Bonchev–Trinajstić information content (AvgIpc) is 3.05. The molecule has 6 nitrogen and oxygen atoms in total. The van der Waals surface area contributed by atoms with Crippen LogP contribution in [0.3, 0.4) is 0 Å². The molecule has 2 aromatic rings. The molecule has 1 amide bonds. The minimum atomic E-state index is -4.54. The first kappa shape index (κ1) is 13.0. The molecule has 3 rings (SSSR count). The molecule has 0 N–H and O–H groups in total. The summed E-state index contributed by atoms with van der Waals surface area (Å²) in [5.41, 5.74) is 1.82. The number of hydrogen-bond donors (Lipinski definition) is 0. The van der Waals surface area contributed by atoms with Crippen LogP contribution >= 0.6 is 11.3 Å². The van der Waals surface area contributed by atoms with Crippen molar-refractivity contribution in [2.24, 2.45) is 0 Å². The number of carbonyl (C=O) groups is 1. The molecule has 2 aromatic heterocycles. The molecule has 20 heavy (non-hydrogen) atoms. The van der Waals surface area contributed by atoms with Crippen molar-refractivity contribution in [3.8, 4) is 0 Å². The summed E-state index contributed by atoms with van der Waals surface area (Å²) in [6.07, 6.45) is -4.54. The van der Waals surface area contributed by atoms with Crippen molar-refractivity contribution in [2.45, 2.75) is 19.3 Å². The van der Waals surface area contributed by atoms with Crippen LogP contribution in [0.1, 0.15) is 22.1 Å². The van der Waals surface area contributed by atoms with Gasteiger partial charge in [0.25, 0.3) is 5.91 Å². The predicted molar refractivity (Wildman–Crippen MR) is 61.9 cm³/mol. The molecule has 0 aliphatic carbocycles. The minimum absolute atomic E-state index is 0.000556. The molecule has 0 bridgehead atoms. The number of rotatable bonds is 1. The Morgan fingerprint density at radius 2 is 2.10 bits per heavy atom. The Kier molecular flexibility index (Phi) is 2.96. The number of alkyl halides is 3. The van der Waals surface area contributed by atoms with E-state index in [0.717, 1.165) is 4.57 Å². The molecule has 0 spiro atoms. The third-order valence-electron chi connectivity index (χ3n) is 2.95. The summed E-state index contributed by atoms with van der Waals surface area (Å²) < 4.78 is 39.0.